The Bertz CT molecular complexity index is 405. The molecular weight excluding hydrogens is 245 g/mol. The van der Waals surface area contributed by atoms with Crippen LogP contribution in [0.4, 0.5) is 4.39 Å². The van der Waals surface area contributed by atoms with Gasteiger partial charge in [0.05, 0.1) is 13.2 Å². The van der Waals surface area contributed by atoms with E-state index >= 15 is 0 Å². The Morgan fingerprint density at radius 3 is 2.89 bits per heavy atom. The molecule has 0 bridgehead atoms. The van der Waals surface area contributed by atoms with Crippen LogP contribution in [0.5, 0.6) is 5.75 Å². The summed E-state index contributed by atoms with van der Waals surface area (Å²) >= 11 is 0. The van der Waals surface area contributed by atoms with E-state index in [0.29, 0.717) is 0 Å². The molecule has 0 amide bonds. The second-order valence-electron chi connectivity index (χ2n) is 4.96. The van der Waals surface area contributed by atoms with Crippen molar-refractivity contribution in [3.63, 3.8) is 0 Å². The number of benzene rings is 1. The second kappa shape index (κ2) is 6.87. The standard InChI is InChI=1S/C15H22FNO2/c1-17-14(10-12-5-3-4-8-19-12)11-6-7-15(18-2)13(16)9-11/h6-7,9,12,14,17H,3-5,8,10H2,1-2H3. The van der Waals surface area contributed by atoms with Gasteiger partial charge in [-0.1, -0.05) is 6.07 Å². The van der Waals surface area contributed by atoms with Gasteiger partial charge in [0.2, 0.25) is 0 Å². The van der Waals surface area contributed by atoms with Crippen LogP contribution in [0.3, 0.4) is 0 Å². The van der Waals surface area contributed by atoms with Gasteiger partial charge in [0.1, 0.15) is 0 Å². The van der Waals surface area contributed by atoms with Crippen LogP contribution in [0.1, 0.15) is 37.3 Å². The topological polar surface area (TPSA) is 30.5 Å². The molecule has 1 heterocycles. The average Bonchev–Trinajstić information content (AvgIpc) is 2.46. The van der Waals surface area contributed by atoms with E-state index in [1.165, 1.54) is 13.5 Å². The van der Waals surface area contributed by atoms with Crippen LogP contribution in [-0.4, -0.2) is 26.9 Å². The number of hydrogen-bond donors (Lipinski definition) is 1. The van der Waals surface area contributed by atoms with Crippen molar-refractivity contribution in [1.82, 2.24) is 5.32 Å². The molecule has 1 aliphatic rings. The van der Waals surface area contributed by atoms with Crippen molar-refractivity contribution in [2.45, 2.75) is 37.8 Å². The van der Waals surface area contributed by atoms with Gasteiger partial charge in [0.25, 0.3) is 0 Å². The van der Waals surface area contributed by atoms with Gasteiger partial charge in [0.15, 0.2) is 11.6 Å². The highest BCUT2D eigenvalue weighted by molar-refractivity contribution is 5.31. The Morgan fingerprint density at radius 1 is 1.47 bits per heavy atom. The number of rotatable bonds is 5. The first kappa shape index (κ1) is 14.3. The Labute approximate surface area is 114 Å². The van der Waals surface area contributed by atoms with Gasteiger partial charge in [-0.2, -0.15) is 0 Å². The number of nitrogens with one attached hydrogen (secondary N) is 1. The molecule has 106 valence electrons. The zero-order valence-electron chi connectivity index (χ0n) is 11.6. The smallest absolute Gasteiger partial charge is 0.165 e. The normalized spacial score (nSPS) is 21.1. The number of methoxy groups -OCH3 is 1. The van der Waals surface area contributed by atoms with E-state index in [9.17, 15) is 4.39 Å². The van der Waals surface area contributed by atoms with E-state index in [2.05, 4.69) is 5.32 Å². The lowest BCUT2D eigenvalue weighted by Gasteiger charge is -2.27. The van der Waals surface area contributed by atoms with Crippen molar-refractivity contribution in [3.05, 3.63) is 29.6 Å². The fourth-order valence-corrected chi connectivity index (χ4v) is 2.58. The summed E-state index contributed by atoms with van der Waals surface area (Å²) in [5.74, 6) is -0.0302. The minimum absolute atomic E-state index is 0.114. The summed E-state index contributed by atoms with van der Waals surface area (Å²) in [5.41, 5.74) is 0.940. The lowest BCUT2D eigenvalue weighted by Crippen LogP contribution is -2.27. The van der Waals surface area contributed by atoms with Crippen LogP contribution >= 0.6 is 0 Å². The van der Waals surface area contributed by atoms with E-state index in [1.807, 2.05) is 13.1 Å². The maximum absolute atomic E-state index is 13.7. The van der Waals surface area contributed by atoms with Gasteiger partial charge in [-0.3, -0.25) is 0 Å². The summed E-state index contributed by atoms with van der Waals surface area (Å²) in [6.45, 7) is 0.845. The van der Waals surface area contributed by atoms with E-state index in [-0.39, 0.29) is 23.7 Å². The molecule has 1 aliphatic heterocycles. The molecule has 3 nitrogen and oxygen atoms in total. The van der Waals surface area contributed by atoms with Crippen molar-refractivity contribution in [2.24, 2.45) is 0 Å². The van der Waals surface area contributed by atoms with Crippen molar-refractivity contribution >= 4 is 0 Å². The Kier molecular flexibility index (Phi) is 5.16. The Balaban J connectivity index is 2.05. The maximum Gasteiger partial charge on any atom is 0.165 e. The predicted molar refractivity (Wildman–Crippen MR) is 73.0 cm³/mol. The van der Waals surface area contributed by atoms with Gasteiger partial charge in [-0.05, 0) is 50.4 Å². The zero-order chi connectivity index (χ0) is 13.7. The van der Waals surface area contributed by atoms with Gasteiger partial charge >= 0.3 is 0 Å². The number of hydrogen-bond acceptors (Lipinski definition) is 3. The summed E-state index contributed by atoms with van der Waals surface area (Å²) in [7, 11) is 3.37. The monoisotopic (exact) mass is 267 g/mol. The first-order valence-corrected chi connectivity index (χ1v) is 6.87. The molecule has 2 unspecified atom stereocenters. The van der Waals surface area contributed by atoms with Crippen LogP contribution in [-0.2, 0) is 4.74 Å². The second-order valence-corrected chi connectivity index (χ2v) is 4.96. The van der Waals surface area contributed by atoms with E-state index < -0.39 is 0 Å². The number of halogens is 1. The van der Waals surface area contributed by atoms with Crippen molar-refractivity contribution in [1.29, 1.82) is 0 Å². The largest absolute Gasteiger partial charge is 0.494 e. The summed E-state index contributed by atoms with van der Waals surface area (Å²) in [6.07, 6.45) is 4.62. The molecular formula is C15H22FNO2. The van der Waals surface area contributed by atoms with E-state index in [1.54, 1.807) is 12.1 Å². The van der Waals surface area contributed by atoms with Crippen LogP contribution in [0.25, 0.3) is 0 Å². The molecule has 19 heavy (non-hydrogen) atoms. The first-order chi connectivity index (χ1) is 9.24. The summed E-state index contributed by atoms with van der Waals surface area (Å²) in [6, 6.07) is 5.24. The third-order valence-corrected chi connectivity index (χ3v) is 3.70. The fourth-order valence-electron chi connectivity index (χ4n) is 2.58. The van der Waals surface area contributed by atoms with Crippen LogP contribution in [0, 0.1) is 5.82 Å². The van der Waals surface area contributed by atoms with Crippen molar-refractivity contribution in [3.8, 4) is 5.75 Å². The fraction of sp³-hybridized carbons (Fsp3) is 0.600. The molecule has 0 aromatic heterocycles. The lowest BCUT2D eigenvalue weighted by molar-refractivity contribution is 0.00546. The third kappa shape index (κ3) is 3.67. The highest BCUT2D eigenvalue weighted by atomic mass is 19.1. The highest BCUT2D eigenvalue weighted by Crippen LogP contribution is 2.27. The molecule has 1 fully saturated rings. The minimum atomic E-state index is -0.315. The zero-order valence-corrected chi connectivity index (χ0v) is 11.6. The van der Waals surface area contributed by atoms with Crippen LogP contribution in [0.2, 0.25) is 0 Å². The molecule has 0 saturated carbocycles. The molecule has 1 saturated heterocycles. The summed E-state index contributed by atoms with van der Waals surface area (Å²) in [4.78, 5) is 0. The quantitative estimate of drug-likeness (QED) is 0.889. The van der Waals surface area contributed by atoms with Crippen LogP contribution in [0.15, 0.2) is 18.2 Å². The minimum Gasteiger partial charge on any atom is -0.494 e. The molecule has 0 radical (unpaired) electrons. The molecule has 0 spiro atoms. The van der Waals surface area contributed by atoms with Gasteiger partial charge < -0.3 is 14.8 Å². The Morgan fingerprint density at radius 2 is 2.32 bits per heavy atom. The highest BCUT2D eigenvalue weighted by Gasteiger charge is 2.20. The number of ether oxygens (including phenoxy) is 2. The molecule has 2 rings (SSSR count). The van der Waals surface area contributed by atoms with Gasteiger partial charge in [0, 0.05) is 12.6 Å². The lowest BCUT2D eigenvalue weighted by atomic mass is 9.96. The first-order valence-electron chi connectivity index (χ1n) is 6.87. The molecule has 1 N–H and O–H groups in total. The molecule has 0 aliphatic carbocycles. The SMILES string of the molecule is CNC(CC1CCCCO1)c1ccc(OC)c(F)c1. The third-order valence-electron chi connectivity index (χ3n) is 3.70. The summed E-state index contributed by atoms with van der Waals surface area (Å²) < 4.78 is 24.4. The molecule has 4 heteroatoms. The van der Waals surface area contributed by atoms with E-state index in [0.717, 1.165) is 31.4 Å². The molecule has 1 aromatic rings. The maximum atomic E-state index is 13.7. The van der Waals surface area contributed by atoms with Crippen molar-refractivity contribution < 1.29 is 13.9 Å². The molecule has 2 atom stereocenters. The van der Waals surface area contributed by atoms with Gasteiger partial charge in [-0.15, -0.1) is 0 Å². The van der Waals surface area contributed by atoms with E-state index in [4.69, 9.17) is 9.47 Å². The van der Waals surface area contributed by atoms with Crippen LogP contribution < -0.4 is 10.1 Å². The van der Waals surface area contributed by atoms with Gasteiger partial charge in [-0.25, -0.2) is 4.39 Å². The average molecular weight is 267 g/mol. The van der Waals surface area contributed by atoms with Crippen molar-refractivity contribution in [2.75, 3.05) is 20.8 Å². The summed E-state index contributed by atoms with van der Waals surface area (Å²) in [5, 5.41) is 3.24. The predicted octanol–water partition coefficient (Wildman–Crippen LogP) is 3.05. The Hall–Kier alpha value is -1.13. The molecule has 1 aromatic carbocycles.